The first-order valence-electron chi connectivity index (χ1n) is 7.76. The lowest BCUT2D eigenvalue weighted by Crippen LogP contribution is -2.40. The molecule has 1 aromatic carbocycles. The van der Waals surface area contributed by atoms with Crippen molar-refractivity contribution < 1.29 is 9.18 Å². The minimum absolute atomic E-state index is 0.0444. The number of halogens is 1. The Morgan fingerprint density at radius 1 is 1.30 bits per heavy atom. The maximum atomic E-state index is 13.7. The highest BCUT2D eigenvalue weighted by molar-refractivity contribution is 5.78. The molecule has 0 spiro atoms. The Morgan fingerprint density at radius 3 is 2.70 bits per heavy atom. The Kier molecular flexibility index (Phi) is 4.55. The Labute approximate surface area is 132 Å². The molecule has 0 aliphatic carbocycles. The quantitative estimate of drug-likeness (QED) is 0.890. The number of aromatic amines is 2. The summed E-state index contributed by atoms with van der Waals surface area (Å²) in [6.45, 7) is 1.32. The summed E-state index contributed by atoms with van der Waals surface area (Å²) in [5.41, 5.74) is 0.336. The standard InChI is InChI=1S/C16H19FN4O2/c17-13-4-2-1-3-12(13)9-11-5-7-21(8-6-11)15(22)10-14-18-16(23)20-19-14/h1-4,11H,5-10H2,(H2,18,19,20,23). The average Bonchev–Trinajstić information content (AvgIpc) is 2.95. The number of nitrogens with one attached hydrogen (secondary N) is 2. The second-order valence-corrected chi connectivity index (χ2v) is 5.92. The lowest BCUT2D eigenvalue weighted by molar-refractivity contribution is -0.131. The number of aromatic nitrogens is 3. The van der Waals surface area contributed by atoms with Gasteiger partial charge in [0.15, 0.2) is 0 Å². The number of hydrogen-bond donors (Lipinski definition) is 2. The highest BCUT2D eigenvalue weighted by Crippen LogP contribution is 2.23. The minimum Gasteiger partial charge on any atom is -0.342 e. The minimum atomic E-state index is -0.406. The summed E-state index contributed by atoms with van der Waals surface area (Å²) in [6.07, 6.45) is 2.52. The second-order valence-electron chi connectivity index (χ2n) is 5.92. The summed E-state index contributed by atoms with van der Waals surface area (Å²) in [6, 6.07) is 6.85. The third-order valence-electron chi connectivity index (χ3n) is 4.30. The molecule has 122 valence electrons. The van der Waals surface area contributed by atoms with Crippen LogP contribution in [-0.4, -0.2) is 39.1 Å². The van der Waals surface area contributed by atoms with Crippen LogP contribution in [0.2, 0.25) is 0 Å². The third kappa shape index (κ3) is 3.85. The molecule has 1 saturated heterocycles. The molecule has 0 radical (unpaired) electrons. The molecule has 0 saturated carbocycles. The van der Waals surface area contributed by atoms with Crippen molar-refractivity contribution >= 4 is 5.91 Å². The second kappa shape index (κ2) is 6.76. The third-order valence-corrected chi connectivity index (χ3v) is 4.30. The van der Waals surface area contributed by atoms with Gasteiger partial charge in [-0.05, 0) is 36.8 Å². The van der Waals surface area contributed by atoms with Crippen LogP contribution >= 0.6 is 0 Å². The summed E-state index contributed by atoms with van der Waals surface area (Å²) in [4.78, 5) is 27.4. The van der Waals surface area contributed by atoms with Crippen molar-refractivity contribution in [3.63, 3.8) is 0 Å². The maximum absolute atomic E-state index is 13.7. The van der Waals surface area contributed by atoms with Gasteiger partial charge in [0.2, 0.25) is 5.91 Å². The molecule has 6 nitrogen and oxygen atoms in total. The van der Waals surface area contributed by atoms with Gasteiger partial charge in [-0.25, -0.2) is 14.3 Å². The zero-order valence-corrected chi connectivity index (χ0v) is 12.7. The summed E-state index contributed by atoms with van der Waals surface area (Å²) < 4.78 is 13.7. The molecule has 3 rings (SSSR count). The lowest BCUT2D eigenvalue weighted by atomic mass is 9.90. The first-order chi connectivity index (χ1) is 11.1. The molecule has 7 heteroatoms. The van der Waals surface area contributed by atoms with Crippen LogP contribution in [0.1, 0.15) is 24.2 Å². The Bertz CT molecular complexity index is 731. The van der Waals surface area contributed by atoms with Crippen LogP contribution < -0.4 is 5.69 Å². The van der Waals surface area contributed by atoms with Gasteiger partial charge in [0.25, 0.3) is 0 Å². The average molecular weight is 318 g/mol. The largest absolute Gasteiger partial charge is 0.342 e. The van der Waals surface area contributed by atoms with E-state index < -0.39 is 5.69 Å². The van der Waals surface area contributed by atoms with Crippen molar-refractivity contribution in [1.82, 2.24) is 20.1 Å². The van der Waals surface area contributed by atoms with Gasteiger partial charge >= 0.3 is 5.69 Å². The zero-order valence-electron chi connectivity index (χ0n) is 12.7. The van der Waals surface area contributed by atoms with E-state index in [2.05, 4.69) is 15.2 Å². The van der Waals surface area contributed by atoms with E-state index in [-0.39, 0.29) is 18.1 Å². The fourth-order valence-corrected chi connectivity index (χ4v) is 3.01. The molecule has 2 N–H and O–H groups in total. The van der Waals surface area contributed by atoms with Crippen LogP contribution in [0.25, 0.3) is 0 Å². The number of H-pyrrole nitrogens is 2. The zero-order chi connectivity index (χ0) is 16.2. The van der Waals surface area contributed by atoms with E-state index in [1.165, 1.54) is 6.07 Å². The monoisotopic (exact) mass is 318 g/mol. The van der Waals surface area contributed by atoms with Gasteiger partial charge in [-0.3, -0.25) is 9.78 Å². The first-order valence-corrected chi connectivity index (χ1v) is 7.76. The van der Waals surface area contributed by atoms with Crippen LogP contribution in [0.4, 0.5) is 4.39 Å². The van der Waals surface area contributed by atoms with E-state index >= 15 is 0 Å². The molecule has 1 amide bonds. The van der Waals surface area contributed by atoms with Crippen molar-refractivity contribution in [3.05, 3.63) is 52.0 Å². The van der Waals surface area contributed by atoms with E-state index in [1.807, 2.05) is 12.1 Å². The van der Waals surface area contributed by atoms with Crippen molar-refractivity contribution in [3.8, 4) is 0 Å². The van der Waals surface area contributed by atoms with Gasteiger partial charge in [0.05, 0.1) is 6.42 Å². The van der Waals surface area contributed by atoms with Crippen molar-refractivity contribution in [2.45, 2.75) is 25.7 Å². The molecular formula is C16H19FN4O2. The molecule has 0 atom stereocenters. The first kappa shape index (κ1) is 15.5. The summed E-state index contributed by atoms with van der Waals surface area (Å²) in [7, 11) is 0. The predicted octanol–water partition coefficient (Wildman–Crippen LogP) is 1.26. The fraction of sp³-hybridized carbons (Fsp3) is 0.438. The van der Waals surface area contributed by atoms with Gasteiger partial charge in [-0.1, -0.05) is 18.2 Å². The molecule has 1 fully saturated rings. The van der Waals surface area contributed by atoms with Crippen LogP contribution in [0, 0.1) is 11.7 Å². The smallest absolute Gasteiger partial charge is 0.340 e. The van der Waals surface area contributed by atoms with E-state index in [0.717, 1.165) is 18.4 Å². The van der Waals surface area contributed by atoms with E-state index in [0.29, 0.717) is 31.3 Å². The van der Waals surface area contributed by atoms with Gasteiger partial charge < -0.3 is 4.90 Å². The molecular weight excluding hydrogens is 299 g/mol. The number of nitrogens with zero attached hydrogens (tertiary/aromatic N) is 2. The van der Waals surface area contributed by atoms with E-state index in [4.69, 9.17) is 0 Å². The Hall–Kier alpha value is -2.44. The summed E-state index contributed by atoms with van der Waals surface area (Å²) in [5.74, 6) is 0.542. The molecule has 2 aromatic rings. The number of hydrogen-bond acceptors (Lipinski definition) is 3. The number of likely N-dealkylation sites (tertiary alicyclic amines) is 1. The van der Waals surface area contributed by atoms with Crippen molar-refractivity contribution in [2.75, 3.05) is 13.1 Å². The number of carbonyl (C=O) groups is 1. The molecule has 0 bridgehead atoms. The van der Waals surface area contributed by atoms with Crippen LogP contribution in [0.5, 0.6) is 0 Å². The summed E-state index contributed by atoms with van der Waals surface area (Å²) >= 11 is 0. The van der Waals surface area contributed by atoms with Gasteiger partial charge in [0, 0.05) is 13.1 Å². The SMILES string of the molecule is O=C(Cc1n[nH]c(=O)[nH]1)N1CCC(Cc2ccccc2F)CC1. The Morgan fingerprint density at radius 2 is 2.04 bits per heavy atom. The number of benzene rings is 1. The van der Waals surface area contributed by atoms with Crippen LogP contribution in [0.15, 0.2) is 29.1 Å². The molecule has 2 heterocycles. The van der Waals surface area contributed by atoms with E-state index in [9.17, 15) is 14.0 Å². The van der Waals surface area contributed by atoms with Crippen molar-refractivity contribution in [2.24, 2.45) is 5.92 Å². The van der Waals surface area contributed by atoms with Gasteiger partial charge in [-0.2, -0.15) is 5.10 Å². The van der Waals surface area contributed by atoms with Crippen molar-refractivity contribution in [1.29, 1.82) is 0 Å². The molecule has 0 unspecified atom stereocenters. The number of piperidine rings is 1. The highest BCUT2D eigenvalue weighted by Gasteiger charge is 2.24. The van der Waals surface area contributed by atoms with E-state index in [1.54, 1.807) is 11.0 Å². The normalized spacial score (nSPS) is 15.8. The number of amides is 1. The maximum Gasteiger partial charge on any atom is 0.340 e. The highest BCUT2D eigenvalue weighted by atomic mass is 19.1. The van der Waals surface area contributed by atoms with Gasteiger partial charge in [0.1, 0.15) is 11.6 Å². The Balaban J connectivity index is 1.51. The molecule has 1 aliphatic heterocycles. The van der Waals surface area contributed by atoms with Gasteiger partial charge in [-0.15, -0.1) is 0 Å². The topological polar surface area (TPSA) is 81.8 Å². The number of rotatable bonds is 4. The molecule has 1 aliphatic rings. The fourth-order valence-electron chi connectivity index (χ4n) is 3.01. The summed E-state index contributed by atoms with van der Waals surface area (Å²) in [5, 5.41) is 6.00. The molecule has 23 heavy (non-hydrogen) atoms. The molecule has 1 aromatic heterocycles. The van der Waals surface area contributed by atoms with Crippen LogP contribution in [0.3, 0.4) is 0 Å². The number of carbonyl (C=O) groups excluding carboxylic acids is 1. The predicted molar refractivity (Wildman–Crippen MR) is 82.3 cm³/mol. The lowest BCUT2D eigenvalue weighted by Gasteiger charge is -2.32. The van der Waals surface area contributed by atoms with Crippen LogP contribution in [-0.2, 0) is 17.6 Å².